The van der Waals surface area contributed by atoms with Crippen LogP contribution in [0.2, 0.25) is 0 Å². The second-order valence-corrected chi connectivity index (χ2v) is 4.90. The second kappa shape index (κ2) is 5.24. The Bertz CT molecular complexity index is 753. The predicted molar refractivity (Wildman–Crippen MR) is 78.1 cm³/mol. The number of imidazole rings is 1. The van der Waals surface area contributed by atoms with Gasteiger partial charge in [0, 0.05) is 26.6 Å². The highest BCUT2D eigenvalue weighted by Gasteiger charge is 2.20. The van der Waals surface area contributed by atoms with Gasteiger partial charge in [-0.3, -0.25) is 13.9 Å². The average molecular weight is 279 g/mol. The lowest BCUT2D eigenvalue weighted by Crippen LogP contribution is -2.43. The molecule has 0 radical (unpaired) electrons. The fraction of sp³-hybridized carbons (Fsp3) is 0.615. The van der Waals surface area contributed by atoms with E-state index in [1.165, 1.54) is 9.13 Å². The van der Waals surface area contributed by atoms with Crippen molar-refractivity contribution in [3.63, 3.8) is 0 Å². The minimum Gasteiger partial charge on any atom is -0.328 e. The highest BCUT2D eigenvalue weighted by Crippen LogP contribution is 2.11. The van der Waals surface area contributed by atoms with Crippen molar-refractivity contribution in [2.45, 2.75) is 39.8 Å². The van der Waals surface area contributed by atoms with Crippen LogP contribution in [-0.2, 0) is 20.0 Å². The lowest BCUT2D eigenvalue weighted by atomic mass is 10.3. The molecular weight excluding hydrogens is 258 g/mol. The van der Waals surface area contributed by atoms with Crippen molar-refractivity contribution >= 4 is 11.2 Å². The Morgan fingerprint density at radius 3 is 2.45 bits per heavy atom. The molecule has 1 atom stereocenters. The topological polar surface area (TPSA) is 87.8 Å². The maximum absolute atomic E-state index is 12.6. The van der Waals surface area contributed by atoms with Crippen LogP contribution in [0.3, 0.4) is 0 Å². The van der Waals surface area contributed by atoms with Gasteiger partial charge in [-0.1, -0.05) is 6.92 Å². The quantitative estimate of drug-likeness (QED) is 0.853. The zero-order chi connectivity index (χ0) is 15.0. The number of hydrogen-bond acceptors (Lipinski definition) is 4. The molecule has 0 saturated heterocycles. The van der Waals surface area contributed by atoms with Crippen molar-refractivity contribution in [3.8, 4) is 0 Å². The number of nitrogens with two attached hydrogens (primary N) is 1. The van der Waals surface area contributed by atoms with Crippen LogP contribution >= 0.6 is 0 Å². The van der Waals surface area contributed by atoms with Gasteiger partial charge in [0.1, 0.15) is 5.82 Å². The van der Waals surface area contributed by atoms with Crippen LogP contribution in [0.15, 0.2) is 9.59 Å². The summed E-state index contributed by atoms with van der Waals surface area (Å²) in [6, 6.07) is -0.336. The molecule has 0 aliphatic heterocycles. The molecule has 0 aromatic carbocycles. The van der Waals surface area contributed by atoms with Crippen molar-refractivity contribution in [2.75, 3.05) is 6.54 Å². The maximum Gasteiger partial charge on any atom is 0.333 e. The summed E-state index contributed by atoms with van der Waals surface area (Å²) < 4.78 is 4.53. The number of nitrogens with zero attached hydrogens (tertiary/aromatic N) is 4. The first-order chi connectivity index (χ1) is 9.47. The van der Waals surface area contributed by atoms with Crippen molar-refractivity contribution in [3.05, 3.63) is 26.7 Å². The molecule has 2 rings (SSSR count). The van der Waals surface area contributed by atoms with E-state index in [1.54, 1.807) is 18.5 Å². The van der Waals surface area contributed by atoms with Gasteiger partial charge < -0.3 is 10.3 Å². The smallest absolute Gasteiger partial charge is 0.328 e. The molecule has 0 saturated carbocycles. The third-order valence-corrected chi connectivity index (χ3v) is 3.70. The Kier molecular flexibility index (Phi) is 3.80. The molecule has 0 aliphatic rings. The molecule has 2 aromatic heterocycles. The average Bonchev–Trinajstić information content (AvgIpc) is 2.76. The number of fused-ring (bicyclic) bond motifs is 1. The van der Waals surface area contributed by atoms with E-state index in [1.807, 2.05) is 13.8 Å². The molecule has 7 heteroatoms. The molecular formula is C13H21N5O2. The fourth-order valence-corrected chi connectivity index (χ4v) is 2.47. The van der Waals surface area contributed by atoms with Gasteiger partial charge in [-0.2, -0.15) is 0 Å². The summed E-state index contributed by atoms with van der Waals surface area (Å²) in [7, 11) is 1.80. The summed E-state index contributed by atoms with van der Waals surface area (Å²) in [4.78, 5) is 29.5. The lowest BCUT2D eigenvalue weighted by molar-refractivity contribution is 0.492. The Balaban J connectivity index is 3.02. The number of rotatable bonds is 4. The minimum absolute atomic E-state index is 0.239. The predicted octanol–water partition coefficient (Wildman–Crippen LogP) is -0.00130. The maximum atomic E-state index is 12.6. The number of aromatic nitrogens is 4. The molecule has 7 nitrogen and oxygen atoms in total. The van der Waals surface area contributed by atoms with E-state index < -0.39 is 0 Å². The monoisotopic (exact) mass is 279 g/mol. The summed E-state index contributed by atoms with van der Waals surface area (Å²) in [5.74, 6) is 0.789. The van der Waals surface area contributed by atoms with E-state index in [-0.39, 0.29) is 23.8 Å². The standard InChI is InChI=1S/C13H21N5O2/c1-5-9-15-11-10(16(9)4)12(19)18(8(3)7-14)13(20)17(11)6-2/h8H,5-7,14H2,1-4H3. The van der Waals surface area contributed by atoms with Crippen LogP contribution < -0.4 is 17.0 Å². The van der Waals surface area contributed by atoms with E-state index in [0.717, 1.165) is 5.82 Å². The van der Waals surface area contributed by atoms with E-state index in [4.69, 9.17) is 5.73 Å². The van der Waals surface area contributed by atoms with Crippen LogP contribution in [0.4, 0.5) is 0 Å². The molecule has 2 aromatic rings. The van der Waals surface area contributed by atoms with Gasteiger partial charge in [0.2, 0.25) is 0 Å². The van der Waals surface area contributed by atoms with Gasteiger partial charge in [0.05, 0.1) is 6.04 Å². The third-order valence-electron chi connectivity index (χ3n) is 3.70. The molecule has 0 fully saturated rings. The minimum atomic E-state index is -0.344. The molecule has 2 heterocycles. The Hall–Kier alpha value is -1.89. The molecule has 110 valence electrons. The zero-order valence-corrected chi connectivity index (χ0v) is 12.4. The van der Waals surface area contributed by atoms with Crippen molar-refractivity contribution in [1.29, 1.82) is 0 Å². The van der Waals surface area contributed by atoms with Crippen LogP contribution in [0.25, 0.3) is 11.2 Å². The fourth-order valence-electron chi connectivity index (χ4n) is 2.47. The Morgan fingerprint density at radius 2 is 1.95 bits per heavy atom. The molecule has 2 N–H and O–H groups in total. The van der Waals surface area contributed by atoms with Crippen LogP contribution in [0, 0.1) is 0 Å². The molecule has 0 spiro atoms. The van der Waals surface area contributed by atoms with Gasteiger partial charge >= 0.3 is 5.69 Å². The van der Waals surface area contributed by atoms with Gasteiger partial charge in [0.25, 0.3) is 5.56 Å². The summed E-state index contributed by atoms with van der Waals surface area (Å²) >= 11 is 0. The van der Waals surface area contributed by atoms with Crippen molar-refractivity contribution in [1.82, 2.24) is 18.7 Å². The van der Waals surface area contributed by atoms with E-state index in [2.05, 4.69) is 4.98 Å². The zero-order valence-electron chi connectivity index (χ0n) is 12.4. The number of hydrogen-bond donors (Lipinski definition) is 1. The molecule has 1 unspecified atom stereocenters. The summed E-state index contributed by atoms with van der Waals surface area (Å²) in [6.45, 7) is 6.31. The van der Waals surface area contributed by atoms with Gasteiger partial charge in [-0.15, -0.1) is 0 Å². The first-order valence-corrected chi connectivity index (χ1v) is 6.88. The summed E-state index contributed by atoms with van der Waals surface area (Å²) in [5.41, 5.74) is 5.88. The van der Waals surface area contributed by atoms with Gasteiger partial charge in [-0.25, -0.2) is 9.78 Å². The van der Waals surface area contributed by atoms with E-state index in [9.17, 15) is 9.59 Å². The van der Waals surface area contributed by atoms with Crippen LogP contribution in [0.5, 0.6) is 0 Å². The molecule has 20 heavy (non-hydrogen) atoms. The van der Waals surface area contributed by atoms with Crippen molar-refractivity contribution < 1.29 is 0 Å². The number of aryl methyl sites for hydroxylation is 3. The molecule has 0 amide bonds. The van der Waals surface area contributed by atoms with Crippen LogP contribution in [0.1, 0.15) is 32.6 Å². The van der Waals surface area contributed by atoms with Gasteiger partial charge in [-0.05, 0) is 13.8 Å². The Morgan fingerprint density at radius 1 is 1.30 bits per heavy atom. The Labute approximate surface area is 116 Å². The molecule has 0 bridgehead atoms. The second-order valence-electron chi connectivity index (χ2n) is 4.90. The van der Waals surface area contributed by atoms with Gasteiger partial charge in [0.15, 0.2) is 11.2 Å². The molecule has 0 aliphatic carbocycles. The van der Waals surface area contributed by atoms with Crippen LogP contribution in [-0.4, -0.2) is 25.2 Å². The SMILES string of the molecule is CCc1nc2c(c(=O)n(C(C)CN)c(=O)n2CC)n1C. The van der Waals surface area contributed by atoms with Crippen molar-refractivity contribution in [2.24, 2.45) is 12.8 Å². The largest absolute Gasteiger partial charge is 0.333 e. The highest BCUT2D eigenvalue weighted by molar-refractivity contribution is 5.71. The third kappa shape index (κ3) is 1.89. The van der Waals surface area contributed by atoms with E-state index in [0.29, 0.717) is 24.1 Å². The lowest BCUT2D eigenvalue weighted by Gasteiger charge is -2.14. The summed E-state index contributed by atoms with van der Waals surface area (Å²) in [5, 5.41) is 0. The van der Waals surface area contributed by atoms with E-state index >= 15 is 0 Å². The first-order valence-electron chi connectivity index (χ1n) is 6.88. The summed E-state index contributed by atoms with van der Waals surface area (Å²) in [6.07, 6.45) is 0.703. The highest BCUT2D eigenvalue weighted by atomic mass is 16.2. The first kappa shape index (κ1) is 14.5. The normalized spacial score (nSPS) is 13.1.